The molecule has 110 valence electrons. The number of fused-ring (bicyclic) bond motifs is 1. The summed E-state index contributed by atoms with van der Waals surface area (Å²) >= 11 is 6.21. The molecule has 0 bridgehead atoms. The SMILES string of the molecule is CCS(=O)CCn1c(C(C)Cl)nc2cc(OC)ccc21. The zero-order valence-electron chi connectivity index (χ0n) is 11.9. The van der Waals surface area contributed by atoms with E-state index in [-0.39, 0.29) is 5.38 Å². The number of methoxy groups -OCH3 is 1. The number of aromatic nitrogens is 2. The van der Waals surface area contributed by atoms with Gasteiger partial charge in [0.1, 0.15) is 11.6 Å². The fraction of sp³-hybridized carbons (Fsp3) is 0.500. The first kappa shape index (κ1) is 15.3. The van der Waals surface area contributed by atoms with E-state index in [1.807, 2.05) is 32.0 Å². The zero-order valence-corrected chi connectivity index (χ0v) is 13.5. The second-order valence-electron chi connectivity index (χ2n) is 4.52. The summed E-state index contributed by atoms with van der Waals surface area (Å²) in [5.41, 5.74) is 1.86. The number of benzene rings is 1. The van der Waals surface area contributed by atoms with Crippen molar-refractivity contribution in [3.63, 3.8) is 0 Å². The second kappa shape index (κ2) is 6.59. The number of aryl methyl sites for hydroxylation is 1. The number of alkyl halides is 1. The smallest absolute Gasteiger partial charge is 0.127 e. The predicted molar refractivity (Wildman–Crippen MR) is 84.1 cm³/mol. The summed E-state index contributed by atoms with van der Waals surface area (Å²) in [5, 5.41) is -0.191. The van der Waals surface area contributed by atoms with Gasteiger partial charge in [-0.2, -0.15) is 0 Å². The highest BCUT2D eigenvalue weighted by Crippen LogP contribution is 2.27. The highest BCUT2D eigenvalue weighted by Gasteiger charge is 2.15. The molecule has 0 saturated heterocycles. The summed E-state index contributed by atoms with van der Waals surface area (Å²) in [4.78, 5) is 4.58. The molecule has 0 amide bonds. The maximum absolute atomic E-state index is 11.6. The third-order valence-electron chi connectivity index (χ3n) is 3.21. The molecule has 1 aromatic heterocycles. The molecule has 1 heterocycles. The van der Waals surface area contributed by atoms with Gasteiger partial charge in [-0.3, -0.25) is 4.21 Å². The van der Waals surface area contributed by atoms with Gasteiger partial charge in [0, 0.05) is 34.9 Å². The van der Waals surface area contributed by atoms with E-state index in [4.69, 9.17) is 16.3 Å². The summed E-state index contributed by atoms with van der Waals surface area (Å²) in [6.07, 6.45) is 0. The number of imidazole rings is 1. The topological polar surface area (TPSA) is 44.1 Å². The molecule has 6 heteroatoms. The minimum atomic E-state index is -0.798. The predicted octanol–water partition coefficient (Wildman–Crippen LogP) is 3.11. The number of rotatable bonds is 6. The van der Waals surface area contributed by atoms with Gasteiger partial charge in [-0.05, 0) is 19.1 Å². The van der Waals surface area contributed by atoms with Gasteiger partial charge in [0.15, 0.2) is 0 Å². The largest absolute Gasteiger partial charge is 0.497 e. The van der Waals surface area contributed by atoms with E-state index in [9.17, 15) is 4.21 Å². The van der Waals surface area contributed by atoms with Gasteiger partial charge in [-0.25, -0.2) is 4.98 Å². The Bertz CT molecular complexity index is 625. The van der Waals surface area contributed by atoms with Gasteiger partial charge >= 0.3 is 0 Å². The molecule has 2 rings (SSSR count). The summed E-state index contributed by atoms with van der Waals surface area (Å²) < 4.78 is 18.9. The Morgan fingerprint density at radius 1 is 1.50 bits per heavy atom. The average Bonchev–Trinajstić information content (AvgIpc) is 2.82. The van der Waals surface area contributed by atoms with Crippen molar-refractivity contribution < 1.29 is 8.95 Å². The van der Waals surface area contributed by atoms with Crippen molar-refractivity contribution in [1.82, 2.24) is 9.55 Å². The lowest BCUT2D eigenvalue weighted by Gasteiger charge is -2.10. The molecular formula is C14H19ClN2O2S. The first-order valence-corrected chi connectivity index (χ1v) is 8.52. The fourth-order valence-corrected chi connectivity index (χ4v) is 2.97. The van der Waals surface area contributed by atoms with E-state index in [0.29, 0.717) is 18.1 Å². The molecule has 2 atom stereocenters. The quantitative estimate of drug-likeness (QED) is 0.770. The number of hydrogen-bond acceptors (Lipinski definition) is 3. The van der Waals surface area contributed by atoms with Gasteiger partial charge in [0.05, 0.1) is 23.5 Å². The maximum atomic E-state index is 11.6. The minimum Gasteiger partial charge on any atom is -0.497 e. The first-order chi connectivity index (χ1) is 9.56. The van der Waals surface area contributed by atoms with E-state index in [1.165, 1.54) is 0 Å². The van der Waals surface area contributed by atoms with E-state index >= 15 is 0 Å². The van der Waals surface area contributed by atoms with Crippen LogP contribution in [0.1, 0.15) is 25.0 Å². The van der Waals surface area contributed by atoms with Crippen LogP contribution in [-0.4, -0.2) is 32.4 Å². The van der Waals surface area contributed by atoms with Crippen LogP contribution in [0.2, 0.25) is 0 Å². The Labute approximate surface area is 126 Å². The standard InChI is InChI=1S/C14H19ClN2O2S/c1-4-20(18)8-7-17-13-6-5-11(19-3)9-12(13)16-14(17)10(2)15/h5-6,9-10H,4,7-8H2,1-3H3. The Morgan fingerprint density at radius 2 is 2.25 bits per heavy atom. The molecule has 0 saturated carbocycles. The molecule has 0 N–H and O–H groups in total. The number of hydrogen-bond donors (Lipinski definition) is 0. The molecule has 4 nitrogen and oxygen atoms in total. The molecule has 0 radical (unpaired) electrons. The minimum absolute atomic E-state index is 0.191. The van der Waals surface area contributed by atoms with Crippen molar-refractivity contribution in [3.8, 4) is 5.75 Å². The van der Waals surface area contributed by atoms with Gasteiger partial charge < -0.3 is 9.30 Å². The molecule has 0 aliphatic rings. The van der Waals surface area contributed by atoms with Gasteiger partial charge in [0.25, 0.3) is 0 Å². The number of nitrogens with zero attached hydrogens (tertiary/aromatic N) is 2. The van der Waals surface area contributed by atoms with Gasteiger partial charge in [0.2, 0.25) is 0 Å². The Kier molecular flexibility index (Phi) is 5.05. The molecule has 0 aliphatic carbocycles. The Balaban J connectivity index is 2.43. The van der Waals surface area contributed by atoms with Crippen LogP contribution < -0.4 is 4.74 Å². The Hall–Kier alpha value is -1.07. The normalized spacial score (nSPS) is 14.4. The van der Waals surface area contributed by atoms with Crippen LogP contribution in [0, 0.1) is 0 Å². The molecule has 1 aromatic carbocycles. The molecular weight excluding hydrogens is 296 g/mol. The lowest BCUT2D eigenvalue weighted by molar-refractivity contribution is 0.415. The van der Waals surface area contributed by atoms with Crippen LogP contribution in [0.25, 0.3) is 11.0 Å². The lowest BCUT2D eigenvalue weighted by atomic mass is 10.3. The van der Waals surface area contributed by atoms with Crippen LogP contribution in [0.3, 0.4) is 0 Å². The van der Waals surface area contributed by atoms with Crippen LogP contribution >= 0.6 is 11.6 Å². The van der Waals surface area contributed by atoms with Crippen molar-refractivity contribution in [2.24, 2.45) is 0 Å². The molecule has 2 unspecified atom stereocenters. The summed E-state index contributed by atoms with van der Waals surface area (Å²) in [6.45, 7) is 4.49. The van der Waals surface area contributed by atoms with E-state index < -0.39 is 10.8 Å². The third kappa shape index (κ3) is 3.15. The molecule has 0 spiro atoms. The lowest BCUT2D eigenvalue weighted by Crippen LogP contribution is -2.12. The van der Waals surface area contributed by atoms with E-state index in [1.54, 1.807) is 7.11 Å². The molecule has 0 aliphatic heterocycles. The summed E-state index contributed by atoms with van der Waals surface area (Å²) in [6, 6.07) is 5.77. The van der Waals surface area contributed by atoms with Crippen LogP contribution in [0.4, 0.5) is 0 Å². The van der Waals surface area contributed by atoms with Crippen molar-refractivity contribution in [1.29, 1.82) is 0 Å². The maximum Gasteiger partial charge on any atom is 0.127 e. The third-order valence-corrected chi connectivity index (χ3v) is 4.68. The highest BCUT2D eigenvalue weighted by atomic mass is 35.5. The zero-order chi connectivity index (χ0) is 14.7. The van der Waals surface area contributed by atoms with Crippen molar-refractivity contribution in [2.45, 2.75) is 25.8 Å². The summed E-state index contributed by atoms with van der Waals surface area (Å²) in [5.74, 6) is 2.87. The monoisotopic (exact) mass is 314 g/mol. The first-order valence-electron chi connectivity index (χ1n) is 6.60. The number of ether oxygens (including phenoxy) is 1. The van der Waals surface area contributed by atoms with Crippen LogP contribution in [0.5, 0.6) is 5.75 Å². The Morgan fingerprint density at radius 3 is 2.85 bits per heavy atom. The molecule has 0 fully saturated rings. The fourth-order valence-electron chi connectivity index (χ4n) is 2.13. The van der Waals surface area contributed by atoms with Crippen LogP contribution in [0.15, 0.2) is 18.2 Å². The van der Waals surface area contributed by atoms with E-state index in [0.717, 1.165) is 22.6 Å². The van der Waals surface area contributed by atoms with Crippen LogP contribution in [-0.2, 0) is 17.3 Å². The average molecular weight is 315 g/mol. The number of halogens is 1. The summed E-state index contributed by atoms with van der Waals surface area (Å²) in [7, 11) is 0.834. The highest BCUT2D eigenvalue weighted by molar-refractivity contribution is 7.84. The van der Waals surface area contributed by atoms with Gasteiger partial charge in [-0.15, -0.1) is 11.6 Å². The second-order valence-corrected chi connectivity index (χ2v) is 7.04. The molecule has 2 aromatic rings. The molecule has 20 heavy (non-hydrogen) atoms. The van der Waals surface area contributed by atoms with Crippen molar-refractivity contribution in [3.05, 3.63) is 24.0 Å². The van der Waals surface area contributed by atoms with E-state index in [2.05, 4.69) is 9.55 Å². The van der Waals surface area contributed by atoms with Gasteiger partial charge in [-0.1, -0.05) is 6.92 Å². The van der Waals surface area contributed by atoms with Crippen molar-refractivity contribution >= 4 is 33.4 Å². The van der Waals surface area contributed by atoms with Crippen molar-refractivity contribution in [2.75, 3.05) is 18.6 Å².